The van der Waals surface area contributed by atoms with Gasteiger partial charge in [-0.05, 0) is 37.5 Å². The van der Waals surface area contributed by atoms with E-state index in [0.29, 0.717) is 18.3 Å². The van der Waals surface area contributed by atoms with Crippen LogP contribution in [-0.4, -0.2) is 36.4 Å². The topological polar surface area (TPSA) is 67.8 Å². The largest absolute Gasteiger partial charge is 0.491 e. The van der Waals surface area contributed by atoms with E-state index in [4.69, 9.17) is 9.47 Å². The molecule has 0 fully saturated rings. The van der Waals surface area contributed by atoms with E-state index in [9.17, 15) is 9.90 Å². The average Bonchev–Trinajstić information content (AvgIpc) is 2.47. The maximum atomic E-state index is 11.3. The number of nitrogens with one attached hydrogen (secondary N) is 1. The van der Waals surface area contributed by atoms with Crippen molar-refractivity contribution in [3.63, 3.8) is 0 Å². The Morgan fingerprint density at radius 1 is 1.35 bits per heavy atom. The van der Waals surface area contributed by atoms with Gasteiger partial charge in [-0.2, -0.15) is 0 Å². The Morgan fingerprint density at radius 2 is 2.00 bits per heavy atom. The molecule has 0 radical (unpaired) electrons. The van der Waals surface area contributed by atoms with E-state index in [0.717, 1.165) is 28.9 Å². The lowest BCUT2D eigenvalue weighted by Gasteiger charge is -2.20. The number of ether oxygens (including phenoxy) is 2. The summed E-state index contributed by atoms with van der Waals surface area (Å²) in [6, 6.07) is 2.18. The van der Waals surface area contributed by atoms with Crippen LogP contribution in [0.2, 0.25) is 0 Å². The van der Waals surface area contributed by atoms with Crippen molar-refractivity contribution in [1.82, 2.24) is 5.32 Å². The van der Waals surface area contributed by atoms with Crippen LogP contribution in [0.5, 0.6) is 11.5 Å². The van der Waals surface area contributed by atoms with E-state index >= 15 is 0 Å². The molecule has 130 valence electrons. The summed E-state index contributed by atoms with van der Waals surface area (Å²) in [6.07, 6.45) is 0.166. The highest BCUT2D eigenvalue weighted by molar-refractivity contribution is 5.71. The normalized spacial score (nSPS) is 12.3. The van der Waals surface area contributed by atoms with E-state index in [1.165, 1.54) is 6.92 Å². The second-order valence-electron chi connectivity index (χ2n) is 6.10. The predicted molar refractivity (Wildman–Crippen MR) is 91.2 cm³/mol. The summed E-state index contributed by atoms with van der Waals surface area (Å²) in [4.78, 5) is 11.3. The number of aryl methyl sites for hydroxylation is 1. The molecule has 0 unspecified atom stereocenters. The van der Waals surface area contributed by atoms with Crippen LogP contribution in [0, 0.1) is 13.8 Å². The molecule has 1 aromatic carbocycles. The van der Waals surface area contributed by atoms with Crippen molar-refractivity contribution < 1.29 is 19.4 Å². The first-order valence-corrected chi connectivity index (χ1v) is 8.11. The number of esters is 1. The number of hydrogen-bond donors (Lipinski definition) is 2. The smallest absolute Gasteiger partial charge is 0.308 e. The van der Waals surface area contributed by atoms with Crippen LogP contribution in [0.25, 0.3) is 0 Å². The number of benzene rings is 1. The molecule has 0 heterocycles. The Labute approximate surface area is 139 Å². The molecule has 5 nitrogen and oxygen atoms in total. The summed E-state index contributed by atoms with van der Waals surface area (Å²) in [5.41, 5.74) is 2.76. The van der Waals surface area contributed by atoms with Gasteiger partial charge in [-0.15, -0.1) is 0 Å². The third-order valence-corrected chi connectivity index (χ3v) is 3.59. The number of carbonyl (C=O) groups is 1. The molecule has 1 rings (SSSR count). The van der Waals surface area contributed by atoms with Gasteiger partial charge in [0.2, 0.25) is 0 Å². The molecule has 0 saturated heterocycles. The van der Waals surface area contributed by atoms with Crippen molar-refractivity contribution in [2.45, 2.75) is 60.1 Å². The third-order valence-electron chi connectivity index (χ3n) is 3.59. The van der Waals surface area contributed by atoms with Crippen LogP contribution < -0.4 is 14.8 Å². The van der Waals surface area contributed by atoms with Gasteiger partial charge in [0.05, 0.1) is 0 Å². The highest BCUT2D eigenvalue weighted by atomic mass is 16.5. The number of aliphatic hydroxyl groups excluding tert-OH is 1. The monoisotopic (exact) mass is 323 g/mol. The molecule has 0 aliphatic carbocycles. The quantitative estimate of drug-likeness (QED) is 0.568. The summed E-state index contributed by atoms with van der Waals surface area (Å²) in [5.74, 6) is 1.01. The van der Waals surface area contributed by atoms with Gasteiger partial charge in [-0.3, -0.25) is 4.79 Å². The maximum absolute atomic E-state index is 11.3. The Kier molecular flexibility index (Phi) is 7.52. The zero-order valence-corrected chi connectivity index (χ0v) is 15.0. The Bertz CT molecular complexity index is 540. The number of rotatable bonds is 8. The van der Waals surface area contributed by atoms with Crippen LogP contribution in [-0.2, 0) is 11.2 Å². The summed E-state index contributed by atoms with van der Waals surface area (Å²) in [5, 5.41) is 13.1. The van der Waals surface area contributed by atoms with Crippen molar-refractivity contribution in [3.8, 4) is 11.5 Å². The maximum Gasteiger partial charge on any atom is 0.308 e. The van der Waals surface area contributed by atoms with Gasteiger partial charge in [0, 0.05) is 25.1 Å². The highest BCUT2D eigenvalue weighted by Gasteiger charge is 2.17. The van der Waals surface area contributed by atoms with E-state index in [2.05, 4.69) is 5.32 Å². The minimum absolute atomic E-state index is 0.218. The molecule has 2 N–H and O–H groups in total. The molecule has 0 aliphatic rings. The minimum Gasteiger partial charge on any atom is -0.491 e. The fourth-order valence-electron chi connectivity index (χ4n) is 2.41. The fraction of sp³-hybridized carbons (Fsp3) is 0.611. The van der Waals surface area contributed by atoms with Crippen molar-refractivity contribution >= 4 is 5.97 Å². The zero-order chi connectivity index (χ0) is 17.6. The Balaban J connectivity index is 2.88. The molecule has 0 aliphatic heterocycles. The second kappa shape index (κ2) is 8.89. The molecular formula is C18H29NO4. The third kappa shape index (κ3) is 5.84. The lowest BCUT2D eigenvalue weighted by atomic mass is 10.0. The summed E-state index contributed by atoms with van der Waals surface area (Å²) >= 11 is 0. The second-order valence-corrected chi connectivity index (χ2v) is 6.10. The van der Waals surface area contributed by atoms with Crippen molar-refractivity contribution in [2.75, 3.05) is 13.2 Å². The molecule has 1 atom stereocenters. The number of carbonyl (C=O) groups excluding carboxylic acids is 1. The molecular weight excluding hydrogens is 294 g/mol. The summed E-state index contributed by atoms with van der Waals surface area (Å²) in [6.45, 7) is 12.0. The van der Waals surface area contributed by atoms with Crippen LogP contribution >= 0.6 is 0 Å². The standard InChI is InChI=1S/C18H29NO4/c1-7-16-13(5)17(8-12(4)18(16)23-14(6)20)22-10-15(21)9-19-11(2)3/h8,11,15,19,21H,7,9-10H2,1-6H3/t15-/m1/s1. The van der Waals surface area contributed by atoms with Crippen molar-refractivity contribution in [1.29, 1.82) is 0 Å². The van der Waals surface area contributed by atoms with Crippen LogP contribution in [0.1, 0.15) is 44.4 Å². The number of hydrogen-bond acceptors (Lipinski definition) is 5. The molecule has 23 heavy (non-hydrogen) atoms. The molecule has 5 heteroatoms. The Morgan fingerprint density at radius 3 is 2.52 bits per heavy atom. The van der Waals surface area contributed by atoms with E-state index < -0.39 is 6.10 Å². The van der Waals surface area contributed by atoms with E-state index in [-0.39, 0.29) is 12.6 Å². The fourth-order valence-corrected chi connectivity index (χ4v) is 2.41. The van der Waals surface area contributed by atoms with Gasteiger partial charge in [-0.25, -0.2) is 0 Å². The molecule has 0 spiro atoms. The van der Waals surface area contributed by atoms with Crippen LogP contribution in [0.15, 0.2) is 6.07 Å². The van der Waals surface area contributed by atoms with Gasteiger partial charge in [0.1, 0.15) is 24.2 Å². The first kappa shape index (κ1) is 19.5. The van der Waals surface area contributed by atoms with Crippen molar-refractivity contribution in [2.24, 2.45) is 0 Å². The molecule has 0 bridgehead atoms. The molecule has 0 saturated carbocycles. The van der Waals surface area contributed by atoms with E-state index in [1.807, 2.05) is 40.7 Å². The van der Waals surface area contributed by atoms with Gasteiger partial charge in [0.25, 0.3) is 0 Å². The van der Waals surface area contributed by atoms with Crippen LogP contribution in [0.4, 0.5) is 0 Å². The predicted octanol–water partition coefficient (Wildman–Crippen LogP) is 2.53. The molecule has 0 amide bonds. The number of aliphatic hydroxyl groups is 1. The van der Waals surface area contributed by atoms with E-state index in [1.54, 1.807) is 0 Å². The highest BCUT2D eigenvalue weighted by Crippen LogP contribution is 2.34. The first-order chi connectivity index (χ1) is 10.8. The SMILES string of the molecule is CCc1c(C)c(OC[C@H](O)CNC(C)C)cc(C)c1OC(C)=O. The molecule has 0 aromatic heterocycles. The summed E-state index contributed by atoms with van der Waals surface area (Å²) in [7, 11) is 0. The molecule has 1 aromatic rings. The van der Waals surface area contributed by atoms with Gasteiger partial charge < -0.3 is 19.9 Å². The minimum atomic E-state index is -0.574. The summed E-state index contributed by atoms with van der Waals surface area (Å²) < 4.78 is 11.1. The average molecular weight is 323 g/mol. The lowest BCUT2D eigenvalue weighted by molar-refractivity contribution is -0.132. The zero-order valence-electron chi connectivity index (χ0n) is 15.0. The van der Waals surface area contributed by atoms with Gasteiger partial charge in [0.15, 0.2) is 0 Å². The van der Waals surface area contributed by atoms with Crippen LogP contribution in [0.3, 0.4) is 0 Å². The van der Waals surface area contributed by atoms with Crippen molar-refractivity contribution in [3.05, 3.63) is 22.8 Å². The van der Waals surface area contributed by atoms with Gasteiger partial charge >= 0.3 is 5.97 Å². The first-order valence-electron chi connectivity index (χ1n) is 8.11. The van der Waals surface area contributed by atoms with Gasteiger partial charge in [-0.1, -0.05) is 20.8 Å². The Hall–Kier alpha value is -1.59. The lowest BCUT2D eigenvalue weighted by Crippen LogP contribution is -2.35.